The molecule has 4 rings (SSSR count). The van der Waals surface area contributed by atoms with Crippen molar-refractivity contribution in [1.82, 2.24) is 0 Å². The fraction of sp³-hybridized carbons (Fsp3) is 0.455. The molecular formula is C33H43BO3. The van der Waals surface area contributed by atoms with Crippen LogP contribution in [0, 0.1) is 0 Å². The Hall–Kier alpha value is -2.56. The molecule has 0 atom stereocenters. The van der Waals surface area contributed by atoms with Crippen molar-refractivity contribution in [2.24, 2.45) is 0 Å². The molecule has 4 heteroatoms. The third-order valence-corrected chi connectivity index (χ3v) is 7.90. The van der Waals surface area contributed by atoms with Gasteiger partial charge in [-0.05, 0) is 83.9 Å². The molecule has 0 bridgehead atoms. The molecule has 0 amide bonds. The van der Waals surface area contributed by atoms with Crippen LogP contribution in [0.5, 0.6) is 5.75 Å². The highest BCUT2D eigenvalue weighted by atomic mass is 16.7. The summed E-state index contributed by atoms with van der Waals surface area (Å²) in [6.45, 7) is 22.1. The van der Waals surface area contributed by atoms with Crippen LogP contribution in [0.1, 0.15) is 80.4 Å². The van der Waals surface area contributed by atoms with Crippen molar-refractivity contribution >= 4 is 12.6 Å². The van der Waals surface area contributed by atoms with Crippen LogP contribution in [0.15, 0.2) is 60.7 Å². The second-order valence-corrected chi connectivity index (χ2v) is 13.4. The molecule has 3 aromatic carbocycles. The van der Waals surface area contributed by atoms with E-state index in [1.165, 1.54) is 16.7 Å². The molecule has 1 aliphatic rings. The number of ether oxygens (including phenoxy) is 1. The first-order valence-electron chi connectivity index (χ1n) is 13.3. The lowest BCUT2D eigenvalue weighted by Crippen LogP contribution is -2.41. The second-order valence-electron chi connectivity index (χ2n) is 13.4. The van der Waals surface area contributed by atoms with E-state index in [1.807, 2.05) is 12.1 Å². The maximum atomic E-state index is 6.49. The lowest BCUT2D eigenvalue weighted by atomic mass is 9.75. The molecule has 1 fully saturated rings. The van der Waals surface area contributed by atoms with Gasteiger partial charge in [0, 0.05) is 5.56 Å². The third-order valence-electron chi connectivity index (χ3n) is 7.90. The van der Waals surface area contributed by atoms with E-state index in [0.717, 1.165) is 27.9 Å². The normalized spacial score (nSPS) is 17.2. The summed E-state index contributed by atoms with van der Waals surface area (Å²) in [5, 5.41) is 0. The highest BCUT2D eigenvalue weighted by Gasteiger charge is 2.51. The summed E-state index contributed by atoms with van der Waals surface area (Å²) in [4.78, 5) is 0. The molecule has 0 N–H and O–H groups in total. The highest BCUT2D eigenvalue weighted by Crippen LogP contribution is 2.39. The predicted octanol–water partition coefficient (Wildman–Crippen LogP) is 7.92. The molecule has 3 aromatic rings. The smallest absolute Gasteiger partial charge is 0.494 e. The number of methoxy groups -OCH3 is 1. The van der Waals surface area contributed by atoms with E-state index in [9.17, 15) is 0 Å². The van der Waals surface area contributed by atoms with Crippen LogP contribution in [0.2, 0.25) is 0 Å². The Labute approximate surface area is 224 Å². The summed E-state index contributed by atoms with van der Waals surface area (Å²) >= 11 is 0. The summed E-state index contributed by atoms with van der Waals surface area (Å²) in [7, 11) is 1.27. The molecule has 1 heterocycles. The second kappa shape index (κ2) is 9.33. The minimum Gasteiger partial charge on any atom is -0.496 e. The van der Waals surface area contributed by atoms with E-state index in [2.05, 4.69) is 118 Å². The molecular weight excluding hydrogens is 455 g/mol. The standard InChI is InChI=1S/C33H43BO3/c1-30(2,3)25-17-23(18-26(21-25)31(4,5)6)22-16-24(28-14-12-13-15-29(28)35-11)20-27(19-22)34-36-32(7,8)33(9,10)37-34/h12-21H,1-11H3. The quantitative estimate of drug-likeness (QED) is 0.342. The number of rotatable bonds is 4. The predicted molar refractivity (Wildman–Crippen MR) is 157 cm³/mol. The summed E-state index contributed by atoms with van der Waals surface area (Å²) in [6, 6.07) is 21.9. The van der Waals surface area contributed by atoms with Crippen molar-refractivity contribution in [2.45, 2.75) is 91.3 Å². The van der Waals surface area contributed by atoms with Gasteiger partial charge in [0.2, 0.25) is 0 Å². The van der Waals surface area contributed by atoms with Gasteiger partial charge in [-0.25, -0.2) is 0 Å². The van der Waals surface area contributed by atoms with E-state index in [-0.39, 0.29) is 10.8 Å². The van der Waals surface area contributed by atoms with Crippen LogP contribution < -0.4 is 10.2 Å². The molecule has 0 saturated carbocycles. The van der Waals surface area contributed by atoms with Gasteiger partial charge in [0.25, 0.3) is 0 Å². The zero-order chi connectivity index (χ0) is 27.4. The minimum absolute atomic E-state index is 0.0326. The summed E-state index contributed by atoms with van der Waals surface area (Å²) in [5.41, 5.74) is 7.38. The Kier molecular flexibility index (Phi) is 6.93. The van der Waals surface area contributed by atoms with Gasteiger partial charge in [-0.1, -0.05) is 90.1 Å². The van der Waals surface area contributed by atoms with Gasteiger partial charge in [0.15, 0.2) is 0 Å². The largest absolute Gasteiger partial charge is 0.496 e. The molecule has 0 unspecified atom stereocenters. The average Bonchev–Trinajstić information content (AvgIpc) is 3.04. The molecule has 0 aromatic heterocycles. The van der Waals surface area contributed by atoms with Crippen molar-refractivity contribution in [1.29, 1.82) is 0 Å². The molecule has 1 saturated heterocycles. The zero-order valence-corrected chi connectivity index (χ0v) is 24.6. The number of hydrogen-bond donors (Lipinski definition) is 0. The average molecular weight is 499 g/mol. The Morgan fingerprint density at radius 3 is 1.65 bits per heavy atom. The van der Waals surface area contributed by atoms with Gasteiger partial charge >= 0.3 is 7.12 Å². The molecule has 1 aliphatic heterocycles. The van der Waals surface area contributed by atoms with Gasteiger partial charge in [-0.15, -0.1) is 0 Å². The van der Waals surface area contributed by atoms with Crippen molar-refractivity contribution in [3.63, 3.8) is 0 Å². The van der Waals surface area contributed by atoms with Crippen molar-refractivity contribution in [3.8, 4) is 28.0 Å². The molecule has 37 heavy (non-hydrogen) atoms. The first-order valence-corrected chi connectivity index (χ1v) is 13.3. The van der Waals surface area contributed by atoms with E-state index < -0.39 is 18.3 Å². The summed E-state index contributed by atoms with van der Waals surface area (Å²) in [6.07, 6.45) is 0. The van der Waals surface area contributed by atoms with Crippen LogP contribution in [-0.2, 0) is 20.1 Å². The monoisotopic (exact) mass is 498 g/mol. The SMILES string of the molecule is COc1ccccc1-c1cc(B2OC(C)(C)C(C)(C)O2)cc(-c2cc(C(C)(C)C)cc(C(C)(C)C)c2)c1. The van der Waals surface area contributed by atoms with Gasteiger partial charge in [-0.2, -0.15) is 0 Å². The Balaban J connectivity index is 1.96. The first kappa shape index (κ1) is 27.5. The van der Waals surface area contributed by atoms with Crippen LogP contribution in [0.3, 0.4) is 0 Å². The van der Waals surface area contributed by atoms with Crippen LogP contribution in [0.25, 0.3) is 22.3 Å². The van der Waals surface area contributed by atoms with E-state index >= 15 is 0 Å². The molecule has 3 nitrogen and oxygen atoms in total. The van der Waals surface area contributed by atoms with Crippen LogP contribution in [0.4, 0.5) is 0 Å². The molecule has 0 aliphatic carbocycles. The van der Waals surface area contributed by atoms with Gasteiger partial charge in [0.05, 0.1) is 18.3 Å². The van der Waals surface area contributed by atoms with Crippen molar-refractivity contribution < 1.29 is 14.0 Å². The third kappa shape index (κ3) is 5.51. The number of para-hydroxylation sites is 1. The molecule has 0 spiro atoms. The summed E-state index contributed by atoms with van der Waals surface area (Å²) < 4.78 is 18.7. The zero-order valence-electron chi connectivity index (χ0n) is 24.6. The highest BCUT2D eigenvalue weighted by molar-refractivity contribution is 6.62. The Morgan fingerprint density at radius 2 is 1.14 bits per heavy atom. The summed E-state index contributed by atoms with van der Waals surface area (Å²) in [5.74, 6) is 0.846. The Morgan fingerprint density at radius 1 is 0.649 bits per heavy atom. The maximum absolute atomic E-state index is 6.49. The van der Waals surface area contributed by atoms with Gasteiger partial charge < -0.3 is 14.0 Å². The van der Waals surface area contributed by atoms with Gasteiger partial charge in [-0.3, -0.25) is 0 Å². The molecule has 196 valence electrons. The first-order chi connectivity index (χ1) is 17.0. The fourth-order valence-electron chi connectivity index (χ4n) is 4.63. The van der Waals surface area contributed by atoms with Crippen molar-refractivity contribution in [3.05, 3.63) is 71.8 Å². The molecule has 0 radical (unpaired) electrons. The van der Waals surface area contributed by atoms with E-state index in [0.29, 0.717) is 0 Å². The lowest BCUT2D eigenvalue weighted by Gasteiger charge is -2.32. The lowest BCUT2D eigenvalue weighted by molar-refractivity contribution is 0.00578. The van der Waals surface area contributed by atoms with Crippen LogP contribution >= 0.6 is 0 Å². The minimum atomic E-state index is -0.453. The van der Waals surface area contributed by atoms with Crippen molar-refractivity contribution in [2.75, 3.05) is 7.11 Å². The van der Waals surface area contributed by atoms with E-state index in [4.69, 9.17) is 14.0 Å². The maximum Gasteiger partial charge on any atom is 0.494 e. The van der Waals surface area contributed by atoms with Gasteiger partial charge in [0.1, 0.15) is 5.75 Å². The fourth-order valence-corrected chi connectivity index (χ4v) is 4.63. The topological polar surface area (TPSA) is 27.7 Å². The number of hydrogen-bond acceptors (Lipinski definition) is 3. The van der Waals surface area contributed by atoms with Crippen LogP contribution in [-0.4, -0.2) is 25.4 Å². The number of benzene rings is 3. The van der Waals surface area contributed by atoms with E-state index in [1.54, 1.807) is 7.11 Å². The Bertz CT molecular complexity index is 1240.